The average molecular weight is 402 g/mol. The molecule has 3 aromatic carbocycles. The summed E-state index contributed by atoms with van der Waals surface area (Å²) in [5.41, 5.74) is 5.51. The van der Waals surface area contributed by atoms with Crippen LogP contribution in [0.15, 0.2) is 59.0 Å². The van der Waals surface area contributed by atoms with Crippen LogP contribution in [0.2, 0.25) is 0 Å². The van der Waals surface area contributed by atoms with Gasteiger partial charge in [0.2, 0.25) is 5.91 Å². The highest BCUT2D eigenvalue weighted by atomic mass is 16.5. The van der Waals surface area contributed by atoms with Gasteiger partial charge in [-0.15, -0.1) is 0 Å². The molecule has 0 unspecified atom stereocenters. The number of furan rings is 1. The van der Waals surface area contributed by atoms with Crippen LogP contribution < -0.4 is 15.4 Å². The molecule has 0 saturated carbocycles. The first-order valence-corrected chi connectivity index (χ1v) is 10.3. The van der Waals surface area contributed by atoms with Gasteiger partial charge in [0.15, 0.2) is 0 Å². The highest BCUT2D eigenvalue weighted by molar-refractivity contribution is 6.07. The standard InChI is InChI=1S/C25H26N2O3/c1-4-16-9-8-10-17(5-2)25(16)27-24(28)15-26-20-14-22-19(13-23(20)29-3)18-11-6-7-12-21(18)30-22/h6-14,26H,4-5,15H2,1-3H3,(H,27,28). The number of benzene rings is 3. The summed E-state index contributed by atoms with van der Waals surface area (Å²) in [5.74, 6) is 0.572. The Bertz CT molecular complexity index is 1190. The van der Waals surface area contributed by atoms with Crippen molar-refractivity contribution in [1.82, 2.24) is 0 Å². The van der Waals surface area contributed by atoms with E-state index in [2.05, 4.69) is 36.6 Å². The number of rotatable bonds is 7. The predicted octanol–water partition coefficient (Wildman–Crippen LogP) is 5.77. The van der Waals surface area contributed by atoms with Gasteiger partial charge in [-0.1, -0.05) is 50.2 Å². The van der Waals surface area contributed by atoms with E-state index >= 15 is 0 Å². The smallest absolute Gasteiger partial charge is 0.243 e. The molecule has 154 valence electrons. The number of amides is 1. The van der Waals surface area contributed by atoms with E-state index in [0.717, 1.165) is 57.3 Å². The van der Waals surface area contributed by atoms with Crippen molar-refractivity contribution < 1.29 is 13.9 Å². The van der Waals surface area contributed by atoms with Gasteiger partial charge in [-0.05, 0) is 36.1 Å². The Morgan fingerprint density at radius 3 is 2.37 bits per heavy atom. The van der Waals surface area contributed by atoms with E-state index in [1.807, 2.05) is 42.5 Å². The van der Waals surface area contributed by atoms with Crippen LogP contribution in [0.1, 0.15) is 25.0 Å². The van der Waals surface area contributed by atoms with Crippen LogP contribution in [0.5, 0.6) is 5.75 Å². The molecule has 4 rings (SSSR count). The molecule has 2 N–H and O–H groups in total. The number of para-hydroxylation sites is 2. The molecule has 0 atom stereocenters. The summed E-state index contributed by atoms with van der Waals surface area (Å²) in [6, 6.07) is 17.9. The van der Waals surface area contributed by atoms with E-state index in [0.29, 0.717) is 5.75 Å². The molecule has 1 amide bonds. The summed E-state index contributed by atoms with van der Waals surface area (Å²) in [6.07, 6.45) is 1.74. The zero-order valence-electron chi connectivity index (χ0n) is 17.5. The lowest BCUT2D eigenvalue weighted by atomic mass is 10.0. The molecule has 1 aromatic heterocycles. The third kappa shape index (κ3) is 3.71. The van der Waals surface area contributed by atoms with Gasteiger partial charge in [0.25, 0.3) is 0 Å². The third-order valence-electron chi connectivity index (χ3n) is 5.40. The minimum absolute atomic E-state index is 0.0997. The van der Waals surface area contributed by atoms with E-state index in [1.165, 1.54) is 0 Å². The molecule has 0 aliphatic heterocycles. The number of hydrogen-bond donors (Lipinski definition) is 2. The van der Waals surface area contributed by atoms with E-state index in [9.17, 15) is 4.79 Å². The number of carbonyl (C=O) groups is 1. The molecular formula is C25H26N2O3. The zero-order chi connectivity index (χ0) is 21.1. The average Bonchev–Trinajstić information content (AvgIpc) is 3.14. The summed E-state index contributed by atoms with van der Waals surface area (Å²) in [5, 5.41) is 8.31. The van der Waals surface area contributed by atoms with E-state index < -0.39 is 0 Å². The van der Waals surface area contributed by atoms with Gasteiger partial charge >= 0.3 is 0 Å². The lowest BCUT2D eigenvalue weighted by molar-refractivity contribution is -0.114. The molecule has 5 nitrogen and oxygen atoms in total. The Labute approximate surface area is 176 Å². The molecule has 0 aliphatic carbocycles. The van der Waals surface area contributed by atoms with Gasteiger partial charge in [-0.3, -0.25) is 4.79 Å². The van der Waals surface area contributed by atoms with Gasteiger partial charge in [-0.25, -0.2) is 0 Å². The van der Waals surface area contributed by atoms with Crippen LogP contribution in [-0.2, 0) is 17.6 Å². The quantitative estimate of drug-likeness (QED) is 0.412. The Balaban J connectivity index is 1.56. The summed E-state index contributed by atoms with van der Waals surface area (Å²) in [4.78, 5) is 12.7. The summed E-state index contributed by atoms with van der Waals surface area (Å²) >= 11 is 0. The number of methoxy groups -OCH3 is 1. The number of ether oxygens (including phenoxy) is 1. The lowest BCUT2D eigenvalue weighted by Crippen LogP contribution is -2.23. The minimum atomic E-state index is -0.0997. The lowest BCUT2D eigenvalue weighted by Gasteiger charge is -2.15. The van der Waals surface area contributed by atoms with E-state index in [4.69, 9.17) is 9.15 Å². The number of anilines is 2. The Hall–Kier alpha value is -3.47. The molecule has 0 fully saturated rings. The first-order chi connectivity index (χ1) is 14.6. The summed E-state index contributed by atoms with van der Waals surface area (Å²) < 4.78 is 11.5. The van der Waals surface area contributed by atoms with Gasteiger partial charge in [-0.2, -0.15) is 0 Å². The topological polar surface area (TPSA) is 63.5 Å². The van der Waals surface area contributed by atoms with Gasteiger partial charge in [0.1, 0.15) is 16.9 Å². The molecule has 0 saturated heterocycles. The largest absolute Gasteiger partial charge is 0.495 e. The number of aryl methyl sites for hydroxylation is 2. The highest BCUT2D eigenvalue weighted by Gasteiger charge is 2.14. The fraction of sp³-hybridized carbons (Fsp3) is 0.240. The SMILES string of the molecule is CCc1cccc(CC)c1NC(=O)CNc1cc2oc3ccccc3c2cc1OC. The van der Waals surface area contributed by atoms with Gasteiger partial charge in [0.05, 0.1) is 19.3 Å². The monoisotopic (exact) mass is 402 g/mol. The van der Waals surface area contributed by atoms with Crippen LogP contribution >= 0.6 is 0 Å². The van der Waals surface area contributed by atoms with Gasteiger partial charge < -0.3 is 19.8 Å². The van der Waals surface area contributed by atoms with Crippen LogP contribution in [0.4, 0.5) is 11.4 Å². The molecular weight excluding hydrogens is 376 g/mol. The summed E-state index contributed by atoms with van der Waals surface area (Å²) in [6.45, 7) is 4.31. The maximum atomic E-state index is 12.7. The Morgan fingerprint density at radius 2 is 1.67 bits per heavy atom. The maximum absolute atomic E-state index is 12.7. The molecule has 0 spiro atoms. The molecule has 0 radical (unpaired) electrons. The Morgan fingerprint density at radius 1 is 0.933 bits per heavy atom. The van der Waals surface area contributed by atoms with Crippen molar-refractivity contribution in [1.29, 1.82) is 0 Å². The molecule has 0 bridgehead atoms. The van der Waals surface area contributed by atoms with Crippen molar-refractivity contribution >= 4 is 39.2 Å². The van der Waals surface area contributed by atoms with Crippen molar-refractivity contribution in [2.75, 3.05) is 24.3 Å². The van der Waals surface area contributed by atoms with E-state index in [1.54, 1.807) is 7.11 Å². The number of nitrogens with one attached hydrogen (secondary N) is 2. The number of hydrogen-bond acceptors (Lipinski definition) is 4. The number of fused-ring (bicyclic) bond motifs is 3. The summed E-state index contributed by atoms with van der Waals surface area (Å²) in [7, 11) is 1.62. The molecule has 0 aliphatic rings. The first-order valence-electron chi connectivity index (χ1n) is 10.3. The molecule has 1 heterocycles. The fourth-order valence-electron chi connectivity index (χ4n) is 3.82. The Kier molecular flexibility index (Phi) is 5.61. The van der Waals surface area contributed by atoms with Crippen LogP contribution in [0, 0.1) is 0 Å². The van der Waals surface area contributed by atoms with Crippen molar-refractivity contribution in [3.63, 3.8) is 0 Å². The molecule has 4 aromatic rings. The van der Waals surface area contributed by atoms with Crippen LogP contribution in [0.3, 0.4) is 0 Å². The van der Waals surface area contributed by atoms with Crippen molar-refractivity contribution in [3.8, 4) is 5.75 Å². The highest BCUT2D eigenvalue weighted by Crippen LogP contribution is 2.36. The second-order valence-electron chi connectivity index (χ2n) is 7.21. The second-order valence-corrected chi connectivity index (χ2v) is 7.21. The van der Waals surface area contributed by atoms with Crippen molar-refractivity contribution in [2.24, 2.45) is 0 Å². The zero-order valence-corrected chi connectivity index (χ0v) is 17.5. The molecule has 5 heteroatoms. The third-order valence-corrected chi connectivity index (χ3v) is 5.40. The normalized spacial score (nSPS) is 11.0. The number of carbonyl (C=O) groups excluding carboxylic acids is 1. The van der Waals surface area contributed by atoms with Crippen molar-refractivity contribution in [2.45, 2.75) is 26.7 Å². The fourth-order valence-corrected chi connectivity index (χ4v) is 3.82. The first kappa shape index (κ1) is 19.8. The predicted molar refractivity (Wildman–Crippen MR) is 123 cm³/mol. The van der Waals surface area contributed by atoms with Crippen LogP contribution in [0.25, 0.3) is 21.9 Å². The maximum Gasteiger partial charge on any atom is 0.243 e. The second kappa shape index (κ2) is 8.49. The van der Waals surface area contributed by atoms with Crippen LogP contribution in [-0.4, -0.2) is 19.6 Å². The minimum Gasteiger partial charge on any atom is -0.495 e. The van der Waals surface area contributed by atoms with Gasteiger partial charge in [0, 0.05) is 22.5 Å². The van der Waals surface area contributed by atoms with E-state index in [-0.39, 0.29) is 12.5 Å². The van der Waals surface area contributed by atoms with Crippen molar-refractivity contribution in [3.05, 3.63) is 65.7 Å². The molecule has 30 heavy (non-hydrogen) atoms.